The van der Waals surface area contributed by atoms with Crippen LogP contribution >= 0.6 is 0 Å². The van der Waals surface area contributed by atoms with Crippen LogP contribution in [0.1, 0.15) is 23.4 Å². The van der Waals surface area contributed by atoms with Crippen LogP contribution in [-0.2, 0) is 0 Å². The van der Waals surface area contributed by atoms with Gasteiger partial charge in [0.2, 0.25) is 11.8 Å². The minimum absolute atomic E-state index is 0.151. The Hall–Kier alpha value is -4.13. The van der Waals surface area contributed by atoms with Crippen molar-refractivity contribution in [3.8, 4) is 23.0 Å². The summed E-state index contributed by atoms with van der Waals surface area (Å²) in [6.07, 6.45) is 0. The zero-order valence-electron chi connectivity index (χ0n) is 16.4. The molecule has 3 aromatic heterocycles. The van der Waals surface area contributed by atoms with Gasteiger partial charge in [0.25, 0.3) is 0 Å². The van der Waals surface area contributed by atoms with Crippen molar-refractivity contribution in [2.24, 2.45) is 0 Å². The summed E-state index contributed by atoms with van der Waals surface area (Å²) in [5.41, 5.74) is 3.94. The monoisotopic (exact) mass is 395 g/mol. The lowest BCUT2D eigenvalue weighted by Gasteiger charge is -2.07. The average Bonchev–Trinajstić information content (AvgIpc) is 3.33. The maximum absolute atomic E-state index is 12.4. The summed E-state index contributed by atoms with van der Waals surface area (Å²) in [7, 11) is 0. The molecule has 0 bridgehead atoms. The van der Waals surface area contributed by atoms with E-state index in [4.69, 9.17) is 4.98 Å². The van der Waals surface area contributed by atoms with Gasteiger partial charge in [-0.2, -0.15) is 0 Å². The number of rotatable bonds is 2. The maximum atomic E-state index is 12.4. The molecule has 7 heteroatoms. The molecule has 0 aliphatic carbocycles. The Labute approximate surface area is 171 Å². The van der Waals surface area contributed by atoms with E-state index in [0.717, 1.165) is 11.0 Å². The standard InChI is InChI=1S/C23H17N5O2/c1-14(29)27-20-12-5-3-8-16(20)25-22(27)18-10-7-11-19(24-18)23-26-17-9-4-6-13-21(17)28(23)15(2)30/h3-13H,1-2H3. The molecular weight excluding hydrogens is 378 g/mol. The second-order valence-corrected chi connectivity index (χ2v) is 6.97. The van der Waals surface area contributed by atoms with Gasteiger partial charge in [-0.25, -0.2) is 15.0 Å². The van der Waals surface area contributed by atoms with Crippen LogP contribution in [-0.4, -0.2) is 35.9 Å². The first kappa shape index (κ1) is 17.9. The number of carbonyl (C=O) groups is 2. The minimum atomic E-state index is -0.151. The first-order valence-electron chi connectivity index (χ1n) is 9.49. The fourth-order valence-corrected chi connectivity index (χ4v) is 3.72. The van der Waals surface area contributed by atoms with Gasteiger partial charge in [-0.05, 0) is 36.4 Å². The van der Waals surface area contributed by atoms with Crippen molar-refractivity contribution < 1.29 is 9.59 Å². The molecule has 5 aromatic rings. The Morgan fingerprint density at radius 1 is 0.600 bits per heavy atom. The molecule has 0 unspecified atom stereocenters. The molecule has 0 atom stereocenters. The predicted molar refractivity (Wildman–Crippen MR) is 114 cm³/mol. The number of pyridine rings is 1. The summed E-state index contributed by atoms with van der Waals surface area (Å²) in [5, 5.41) is 0. The molecule has 7 nitrogen and oxygen atoms in total. The normalized spacial score (nSPS) is 11.3. The number of benzene rings is 2. The van der Waals surface area contributed by atoms with Crippen LogP contribution in [0.25, 0.3) is 45.1 Å². The largest absolute Gasteiger partial charge is 0.274 e. The molecule has 0 fully saturated rings. The van der Waals surface area contributed by atoms with E-state index in [9.17, 15) is 9.59 Å². The highest BCUT2D eigenvalue weighted by Crippen LogP contribution is 2.27. The number of imidazole rings is 2. The second kappa shape index (κ2) is 6.73. The van der Waals surface area contributed by atoms with Crippen molar-refractivity contribution in [1.29, 1.82) is 0 Å². The smallest absolute Gasteiger partial charge is 0.229 e. The van der Waals surface area contributed by atoms with E-state index in [0.29, 0.717) is 34.1 Å². The highest BCUT2D eigenvalue weighted by atomic mass is 16.2. The van der Waals surface area contributed by atoms with E-state index in [1.54, 1.807) is 21.3 Å². The summed E-state index contributed by atoms with van der Waals surface area (Å²) in [4.78, 5) is 38.7. The SMILES string of the molecule is CC(=O)n1c(-c2cccc(-c3nc4ccccc4n3C(C)=O)n2)nc2ccccc21. The lowest BCUT2D eigenvalue weighted by molar-refractivity contribution is 0.0934. The molecule has 3 heterocycles. The molecule has 0 radical (unpaired) electrons. The van der Waals surface area contributed by atoms with Gasteiger partial charge in [-0.3, -0.25) is 18.7 Å². The molecular formula is C23H17N5O2. The Kier molecular flexibility index (Phi) is 4.03. The first-order valence-corrected chi connectivity index (χ1v) is 9.49. The highest BCUT2D eigenvalue weighted by molar-refractivity contribution is 5.95. The Bertz CT molecular complexity index is 1350. The molecule has 0 aliphatic heterocycles. The Balaban J connectivity index is 1.74. The van der Waals surface area contributed by atoms with Gasteiger partial charge < -0.3 is 0 Å². The van der Waals surface area contributed by atoms with Crippen LogP contribution in [0.2, 0.25) is 0 Å². The van der Waals surface area contributed by atoms with Crippen molar-refractivity contribution in [1.82, 2.24) is 24.1 Å². The molecule has 0 spiro atoms. The van der Waals surface area contributed by atoms with Crippen molar-refractivity contribution in [2.45, 2.75) is 13.8 Å². The first-order chi connectivity index (χ1) is 14.5. The van der Waals surface area contributed by atoms with Crippen LogP contribution in [0.15, 0.2) is 66.7 Å². The highest BCUT2D eigenvalue weighted by Gasteiger charge is 2.20. The van der Waals surface area contributed by atoms with E-state index >= 15 is 0 Å². The van der Waals surface area contributed by atoms with Crippen LogP contribution in [0.5, 0.6) is 0 Å². The summed E-state index contributed by atoms with van der Waals surface area (Å²) in [6, 6.07) is 20.3. The number of aromatic nitrogens is 5. The van der Waals surface area contributed by atoms with Gasteiger partial charge in [0.1, 0.15) is 11.4 Å². The fraction of sp³-hybridized carbons (Fsp3) is 0.0870. The molecule has 0 saturated carbocycles. The van der Waals surface area contributed by atoms with Crippen molar-refractivity contribution in [3.63, 3.8) is 0 Å². The topological polar surface area (TPSA) is 82.7 Å². The third-order valence-corrected chi connectivity index (χ3v) is 4.96. The van der Waals surface area contributed by atoms with Gasteiger partial charge in [-0.15, -0.1) is 0 Å². The molecule has 0 N–H and O–H groups in total. The summed E-state index contributed by atoms with van der Waals surface area (Å²) >= 11 is 0. The molecule has 5 rings (SSSR count). The third-order valence-electron chi connectivity index (χ3n) is 4.96. The van der Waals surface area contributed by atoms with E-state index in [2.05, 4.69) is 9.97 Å². The lowest BCUT2D eigenvalue weighted by atomic mass is 10.2. The number of para-hydroxylation sites is 4. The van der Waals surface area contributed by atoms with E-state index < -0.39 is 0 Å². The van der Waals surface area contributed by atoms with E-state index in [-0.39, 0.29) is 11.8 Å². The van der Waals surface area contributed by atoms with E-state index in [1.165, 1.54) is 13.8 Å². The number of carbonyl (C=O) groups excluding carboxylic acids is 2. The van der Waals surface area contributed by atoms with E-state index in [1.807, 2.05) is 54.6 Å². The molecule has 30 heavy (non-hydrogen) atoms. The predicted octanol–water partition coefficient (Wildman–Crippen LogP) is 4.44. The third kappa shape index (κ3) is 2.71. The van der Waals surface area contributed by atoms with Crippen molar-refractivity contribution in [2.75, 3.05) is 0 Å². The number of hydrogen-bond donors (Lipinski definition) is 0. The number of hydrogen-bond acceptors (Lipinski definition) is 5. The Morgan fingerprint density at radius 2 is 1.03 bits per heavy atom. The fourth-order valence-electron chi connectivity index (χ4n) is 3.72. The van der Waals surface area contributed by atoms with Crippen LogP contribution in [0.4, 0.5) is 0 Å². The summed E-state index contributed by atoms with van der Waals surface area (Å²) in [6.45, 7) is 2.99. The molecule has 0 amide bonds. The van der Waals surface area contributed by atoms with Gasteiger partial charge in [0.15, 0.2) is 11.6 Å². The van der Waals surface area contributed by atoms with Gasteiger partial charge in [0, 0.05) is 13.8 Å². The zero-order valence-corrected chi connectivity index (χ0v) is 16.4. The van der Waals surface area contributed by atoms with Gasteiger partial charge >= 0.3 is 0 Å². The molecule has 0 saturated heterocycles. The summed E-state index contributed by atoms with van der Waals surface area (Å²) in [5.74, 6) is 0.607. The van der Waals surface area contributed by atoms with Crippen LogP contribution in [0, 0.1) is 0 Å². The Morgan fingerprint density at radius 3 is 1.47 bits per heavy atom. The zero-order chi connectivity index (χ0) is 20.8. The van der Waals surface area contributed by atoms with Crippen LogP contribution in [0.3, 0.4) is 0 Å². The molecule has 0 aliphatic rings. The minimum Gasteiger partial charge on any atom is -0.274 e. The molecule has 146 valence electrons. The second-order valence-electron chi connectivity index (χ2n) is 6.97. The molecule has 2 aromatic carbocycles. The summed E-state index contributed by atoms with van der Waals surface area (Å²) < 4.78 is 3.10. The van der Waals surface area contributed by atoms with Gasteiger partial charge in [0.05, 0.1) is 22.1 Å². The quantitative estimate of drug-likeness (QED) is 0.441. The maximum Gasteiger partial charge on any atom is 0.229 e. The van der Waals surface area contributed by atoms with Crippen LogP contribution < -0.4 is 0 Å². The average molecular weight is 395 g/mol. The number of fused-ring (bicyclic) bond motifs is 2. The van der Waals surface area contributed by atoms with Gasteiger partial charge in [-0.1, -0.05) is 30.3 Å². The number of nitrogens with zero attached hydrogens (tertiary/aromatic N) is 5. The van der Waals surface area contributed by atoms with Crippen molar-refractivity contribution >= 4 is 33.9 Å². The lowest BCUT2D eigenvalue weighted by Crippen LogP contribution is -2.10. The van der Waals surface area contributed by atoms with Crippen molar-refractivity contribution in [3.05, 3.63) is 66.7 Å².